The van der Waals surface area contributed by atoms with E-state index in [4.69, 9.17) is 5.26 Å². The van der Waals surface area contributed by atoms with Gasteiger partial charge in [-0.25, -0.2) is 0 Å². The molecule has 22 heavy (non-hydrogen) atoms. The van der Waals surface area contributed by atoms with Gasteiger partial charge in [0, 0.05) is 17.5 Å². The molecule has 0 aliphatic carbocycles. The summed E-state index contributed by atoms with van der Waals surface area (Å²) >= 11 is 3.20. The molecule has 114 valence electrons. The maximum absolute atomic E-state index is 12.3. The van der Waals surface area contributed by atoms with Crippen LogP contribution in [0, 0.1) is 11.3 Å². The van der Waals surface area contributed by atoms with Crippen LogP contribution in [0.3, 0.4) is 0 Å². The molecule has 0 saturated carbocycles. The fourth-order valence-electron chi connectivity index (χ4n) is 2.96. The van der Waals surface area contributed by atoms with Gasteiger partial charge in [-0.05, 0) is 41.3 Å². The van der Waals surface area contributed by atoms with Crippen molar-refractivity contribution in [2.24, 2.45) is 0 Å². The van der Waals surface area contributed by atoms with Crippen LogP contribution in [0.25, 0.3) is 0 Å². The molecule has 0 unspecified atom stereocenters. The van der Waals surface area contributed by atoms with Crippen LogP contribution in [-0.2, 0) is 11.2 Å². The summed E-state index contributed by atoms with van der Waals surface area (Å²) in [4.78, 5) is 16.0. The minimum Gasteiger partial charge on any atom is -0.315 e. The summed E-state index contributed by atoms with van der Waals surface area (Å²) in [5.74, 6) is -0.0453. The van der Waals surface area contributed by atoms with Gasteiger partial charge in [0.25, 0.3) is 0 Å². The second-order valence-corrected chi connectivity index (χ2v) is 7.18. The van der Waals surface area contributed by atoms with Crippen molar-refractivity contribution >= 4 is 33.6 Å². The lowest BCUT2D eigenvalue weighted by molar-refractivity contribution is -0.118. The zero-order chi connectivity index (χ0) is 15.5. The molecule has 0 bridgehead atoms. The Morgan fingerprint density at radius 3 is 3.05 bits per heavy atom. The van der Waals surface area contributed by atoms with Gasteiger partial charge in [0.15, 0.2) is 0 Å². The largest absolute Gasteiger partial charge is 0.315 e. The highest BCUT2D eigenvalue weighted by Crippen LogP contribution is 2.35. The van der Waals surface area contributed by atoms with Crippen molar-refractivity contribution in [2.75, 3.05) is 18.4 Å². The number of amides is 1. The van der Waals surface area contributed by atoms with E-state index < -0.39 is 0 Å². The smallest absolute Gasteiger partial charge is 0.239 e. The Kier molecular flexibility index (Phi) is 4.57. The predicted molar refractivity (Wildman–Crippen MR) is 90.3 cm³/mol. The molecule has 1 amide bonds. The summed E-state index contributed by atoms with van der Waals surface area (Å²) in [5, 5.41) is 16.5. The summed E-state index contributed by atoms with van der Waals surface area (Å²) in [5.41, 5.74) is 1.91. The highest BCUT2D eigenvalue weighted by Gasteiger charge is 2.28. The Morgan fingerprint density at radius 2 is 2.27 bits per heavy atom. The van der Waals surface area contributed by atoms with Gasteiger partial charge in [-0.3, -0.25) is 9.69 Å². The van der Waals surface area contributed by atoms with E-state index in [0.717, 1.165) is 19.4 Å². The molecule has 2 aromatic rings. The van der Waals surface area contributed by atoms with Gasteiger partial charge in [-0.15, -0.1) is 22.7 Å². The number of fused-ring (bicyclic) bond motifs is 1. The lowest BCUT2D eigenvalue weighted by Crippen LogP contribution is -2.39. The molecule has 3 rings (SSSR count). The molecule has 2 aromatic heterocycles. The van der Waals surface area contributed by atoms with Gasteiger partial charge in [0.2, 0.25) is 5.91 Å². The molecule has 0 radical (unpaired) electrons. The van der Waals surface area contributed by atoms with E-state index in [1.54, 1.807) is 6.07 Å². The Morgan fingerprint density at radius 1 is 1.45 bits per heavy atom. The third-order valence-corrected chi connectivity index (χ3v) is 5.80. The summed E-state index contributed by atoms with van der Waals surface area (Å²) in [6.45, 7) is 3.45. The minimum atomic E-state index is -0.0453. The van der Waals surface area contributed by atoms with E-state index >= 15 is 0 Å². The van der Waals surface area contributed by atoms with Crippen molar-refractivity contribution in [3.8, 4) is 6.07 Å². The molecule has 0 spiro atoms. The van der Waals surface area contributed by atoms with Gasteiger partial charge in [0.1, 0.15) is 11.1 Å². The van der Waals surface area contributed by atoms with Crippen molar-refractivity contribution in [1.29, 1.82) is 5.26 Å². The maximum Gasteiger partial charge on any atom is 0.239 e. The third-order valence-electron chi connectivity index (χ3n) is 3.98. The van der Waals surface area contributed by atoms with E-state index in [9.17, 15) is 4.79 Å². The van der Waals surface area contributed by atoms with Crippen LogP contribution in [-0.4, -0.2) is 23.9 Å². The molecule has 0 aromatic carbocycles. The molecule has 4 nitrogen and oxygen atoms in total. The Bertz CT molecular complexity index is 713. The van der Waals surface area contributed by atoms with E-state index in [-0.39, 0.29) is 5.91 Å². The van der Waals surface area contributed by atoms with Crippen molar-refractivity contribution in [3.05, 3.63) is 38.9 Å². The second-order valence-electron chi connectivity index (χ2n) is 5.27. The lowest BCUT2D eigenvalue weighted by Gasteiger charge is -2.34. The number of anilines is 1. The summed E-state index contributed by atoms with van der Waals surface area (Å²) in [7, 11) is 0. The number of hydrogen-bond acceptors (Lipinski definition) is 5. The summed E-state index contributed by atoms with van der Waals surface area (Å²) < 4.78 is 0. The van der Waals surface area contributed by atoms with E-state index in [0.29, 0.717) is 23.2 Å². The molecule has 6 heteroatoms. The van der Waals surface area contributed by atoms with Crippen LogP contribution in [0.5, 0.6) is 0 Å². The molecule has 1 N–H and O–H groups in total. The van der Waals surface area contributed by atoms with Crippen molar-refractivity contribution in [3.63, 3.8) is 0 Å². The van der Waals surface area contributed by atoms with Gasteiger partial charge >= 0.3 is 0 Å². The molecule has 0 saturated heterocycles. The Balaban J connectivity index is 1.68. The van der Waals surface area contributed by atoms with E-state index in [1.807, 2.05) is 16.7 Å². The van der Waals surface area contributed by atoms with E-state index in [1.165, 1.54) is 21.8 Å². The molecule has 0 fully saturated rings. The number of hydrogen-bond donors (Lipinski definition) is 1. The zero-order valence-electron chi connectivity index (χ0n) is 12.3. The first-order chi connectivity index (χ1) is 10.7. The predicted octanol–water partition coefficient (Wildman–Crippen LogP) is 3.63. The molecule has 1 aliphatic heterocycles. The highest BCUT2D eigenvalue weighted by molar-refractivity contribution is 7.14. The van der Waals surface area contributed by atoms with Gasteiger partial charge in [-0.2, -0.15) is 5.26 Å². The topological polar surface area (TPSA) is 56.1 Å². The Hall–Kier alpha value is -1.68. The lowest BCUT2D eigenvalue weighted by atomic mass is 9.98. The van der Waals surface area contributed by atoms with Crippen molar-refractivity contribution in [1.82, 2.24) is 4.90 Å². The van der Waals surface area contributed by atoms with Crippen LogP contribution in [0.4, 0.5) is 5.00 Å². The van der Waals surface area contributed by atoms with Gasteiger partial charge in [-0.1, -0.05) is 6.92 Å². The van der Waals surface area contributed by atoms with Gasteiger partial charge in [0.05, 0.1) is 12.1 Å². The SMILES string of the molecule is CC[C@@H]1c2ccsc2CCN1CC(=O)Nc1sccc1C#N. The zero-order valence-corrected chi connectivity index (χ0v) is 14.0. The number of carbonyl (C=O) groups is 1. The number of nitriles is 1. The molecular weight excluding hydrogens is 314 g/mol. The standard InChI is InChI=1S/C16H17N3OS2/c1-2-13-12-5-8-21-14(12)3-6-19(13)10-15(20)18-16-11(9-17)4-7-22-16/h4-5,7-8,13H,2-3,6,10H2,1H3,(H,18,20)/t13-/m1/s1. The first-order valence-electron chi connectivity index (χ1n) is 7.30. The number of nitrogens with zero attached hydrogens (tertiary/aromatic N) is 2. The maximum atomic E-state index is 12.3. The second kappa shape index (κ2) is 6.61. The van der Waals surface area contributed by atoms with Crippen molar-refractivity contribution in [2.45, 2.75) is 25.8 Å². The number of thiophene rings is 2. The van der Waals surface area contributed by atoms with Crippen molar-refractivity contribution < 1.29 is 4.79 Å². The van der Waals surface area contributed by atoms with Gasteiger partial charge < -0.3 is 5.32 Å². The van der Waals surface area contributed by atoms with Crippen LogP contribution in [0.2, 0.25) is 0 Å². The summed E-state index contributed by atoms with van der Waals surface area (Å²) in [6, 6.07) is 6.33. The average Bonchev–Trinajstić information content (AvgIpc) is 3.15. The molecular formula is C16H17N3OS2. The molecule has 3 heterocycles. The fourth-order valence-corrected chi connectivity index (χ4v) is 4.64. The van der Waals surface area contributed by atoms with Crippen LogP contribution >= 0.6 is 22.7 Å². The highest BCUT2D eigenvalue weighted by atomic mass is 32.1. The number of nitrogens with one attached hydrogen (secondary N) is 1. The molecule has 1 aliphatic rings. The quantitative estimate of drug-likeness (QED) is 0.931. The van der Waals surface area contributed by atoms with Crippen LogP contribution < -0.4 is 5.32 Å². The summed E-state index contributed by atoms with van der Waals surface area (Å²) in [6.07, 6.45) is 2.01. The monoisotopic (exact) mass is 331 g/mol. The number of carbonyl (C=O) groups excluding carboxylic acids is 1. The number of rotatable bonds is 4. The normalized spacial score (nSPS) is 17.7. The molecule has 1 atom stereocenters. The van der Waals surface area contributed by atoms with Crippen LogP contribution in [0.1, 0.15) is 35.4 Å². The first-order valence-corrected chi connectivity index (χ1v) is 9.06. The fraction of sp³-hybridized carbons (Fsp3) is 0.375. The van der Waals surface area contributed by atoms with E-state index in [2.05, 4.69) is 34.7 Å². The first kappa shape index (κ1) is 15.2. The minimum absolute atomic E-state index is 0.0453. The third kappa shape index (κ3) is 2.93. The Labute approximate surface area is 138 Å². The average molecular weight is 331 g/mol. The van der Waals surface area contributed by atoms with Crippen LogP contribution in [0.15, 0.2) is 22.9 Å².